The maximum absolute atomic E-state index is 5.08. The summed E-state index contributed by atoms with van der Waals surface area (Å²) in [5.41, 5.74) is 1.23. The minimum absolute atomic E-state index is 0.757. The van der Waals surface area contributed by atoms with Crippen molar-refractivity contribution in [3.63, 3.8) is 0 Å². The predicted octanol–water partition coefficient (Wildman–Crippen LogP) is 1.37. The van der Waals surface area contributed by atoms with Crippen LogP contribution in [0.5, 0.6) is 0 Å². The molecule has 1 aromatic rings. The Bertz CT molecular complexity index is 474. The van der Waals surface area contributed by atoms with Gasteiger partial charge in [-0.2, -0.15) is 0 Å². The van der Waals surface area contributed by atoms with Crippen molar-refractivity contribution in [3.8, 4) is 0 Å². The van der Waals surface area contributed by atoms with Gasteiger partial charge in [0.15, 0.2) is 5.96 Å². The Morgan fingerprint density at radius 3 is 2.68 bits per heavy atom. The van der Waals surface area contributed by atoms with Crippen molar-refractivity contribution in [2.75, 3.05) is 54.5 Å². The fraction of sp³-hybridized carbons (Fsp3) is 0.667. The summed E-state index contributed by atoms with van der Waals surface area (Å²) in [6.07, 6.45) is 2.06. The molecule has 7 heteroatoms. The summed E-state index contributed by atoms with van der Waals surface area (Å²) >= 11 is 3.50. The van der Waals surface area contributed by atoms with Gasteiger partial charge < -0.3 is 24.4 Å². The summed E-state index contributed by atoms with van der Waals surface area (Å²) in [7, 11) is 9.73. The number of aromatic nitrogens is 1. The highest BCUT2D eigenvalue weighted by Gasteiger charge is 2.09. The quantitative estimate of drug-likeness (QED) is 0.552. The van der Waals surface area contributed by atoms with E-state index in [2.05, 4.69) is 67.0 Å². The smallest absolute Gasteiger partial charge is 0.193 e. The average Bonchev–Trinajstić information content (AvgIpc) is 2.79. The third kappa shape index (κ3) is 6.37. The van der Waals surface area contributed by atoms with Crippen LogP contribution >= 0.6 is 15.9 Å². The van der Waals surface area contributed by atoms with E-state index in [1.54, 1.807) is 7.11 Å². The third-order valence-electron chi connectivity index (χ3n) is 3.50. The van der Waals surface area contributed by atoms with Crippen molar-refractivity contribution in [2.45, 2.75) is 6.54 Å². The molecule has 1 aromatic heterocycles. The number of aliphatic imine (C=N–C) groups is 1. The third-order valence-corrected chi connectivity index (χ3v) is 3.93. The molecule has 0 atom stereocenters. The van der Waals surface area contributed by atoms with Crippen LogP contribution in [0.15, 0.2) is 21.7 Å². The number of halogens is 1. The first-order chi connectivity index (χ1) is 10.5. The van der Waals surface area contributed by atoms with Crippen LogP contribution in [0.25, 0.3) is 0 Å². The van der Waals surface area contributed by atoms with E-state index in [9.17, 15) is 0 Å². The molecule has 0 saturated carbocycles. The standard InChI is InChI=1S/C15H28BrN5O/c1-17-15(18-6-7-19(2)8-9-22-5)21(4)12-14-10-13(16)11-20(14)3/h10-11H,6-9,12H2,1-5H3,(H,17,18). The largest absolute Gasteiger partial charge is 0.383 e. The van der Waals surface area contributed by atoms with E-state index in [0.717, 1.165) is 43.2 Å². The molecule has 0 aliphatic carbocycles. The van der Waals surface area contributed by atoms with E-state index < -0.39 is 0 Å². The summed E-state index contributed by atoms with van der Waals surface area (Å²) in [5, 5.41) is 3.40. The van der Waals surface area contributed by atoms with Gasteiger partial charge >= 0.3 is 0 Å². The Hall–Kier alpha value is -1.05. The first-order valence-corrected chi connectivity index (χ1v) is 8.17. The van der Waals surface area contributed by atoms with Gasteiger partial charge in [0.2, 0.25) is 0 Å². The number of nitrogens with one attached hydrogen (secondary N) is 1. The van der Waals surface area contributed by atoms with Gasteiger partial charge in [-0.15, -0.1) is 0 Å². The zero-order valence-electron chi connectivity index (χ0n) is 14.3. The molecule has 0 aromatic carbocycles. The second kappa shape index (κ2) is 9.86. The van der Waals surface area contributed by atoms with Crippen molar-refractivity contribution >= 4 is 21.9 Å². The van der Waals surface area contributed by atoms with E-state index in [1.807, 2.05) is 14.1 Å². The van der Waals surface area contributed by atoms with Gasteiger partial charge in [-0.05, 0) is 29.0 Å². The van der Waals surface area contributed by atoms with Gasteiger partial charge in [0.05, 0.1) is 13.2 Å². The number of methoxy groups -OCH3 is 1. The lowest BCUT2D eigenvalue weighted by Crippen LogP contribution is -2.42. The number of nitrogens with zero attached hydrogens (tertiary/aromatic N) is 4. The monoisotopic (exact) mass is 373 g/mol. The van der Waals surface area contributed by atoms with Crippen molar-refractivity contribution in [3.05, 3.63) is 22.4 Å². The molecule has 126 valence electrons. The Labute approximate surface area is 142 Å². The lowest BCUT2D eigenvalue weighted by Gasteiger charge is -2.23. The van der Waals surface area contributed by atoms with Gasteiger partial charge in [-0.25, -0.2) is 0 Å². The highest BCUT2D eigenvalue weighted by atomic mass is 79.9. The number of ether oxygens (including phenoxy) is 1. The predicted molar refractivity (Wildman–Crippen MR) is 95.3 cm³/mol. The molecule has 1 N–H and O–H groups in total. The van der Waals surface area contributed by atoms with E-state index in [4.69, 9.17) is 4.74 Å². The van der Waals surface area contributed by atoms with Crippen molar-refractivity contribution in [1.29, 1.82) is 0 Å². The molecule has 22 heavy (non-hydrogen) atoms. The Balaban J connectivity index is 2.42. The van der Waals surface area contributed by atoms with Crippen LogP contribution in [0.3, 0.4) is 0 Å². The molecule has 0 fully saturated rings. The number of hydrogen-bond donors (Lipinski definition) is 1. The van der Waals surface area contributed by atoms with Crippen LogP contribution in [-0.4, -0.2) is 74.8 Å². The van der Waals surface area contributed by atoms with Gasteiger partial charge in [-0.1, -0.05) is 0 Å². The number of rotatable bonds is 8. The lowest BCUT2D eigenvalue weighted by molar-refractivity contribution is 0.162. The van der Waals surface area contributed by atoms with Gasteiger partial charge in [0.1, 0.15) is 0 Å². The minimum atomic E-state index is 0.757. The summed E-state index contributed by atoms with van der Waals surface area (Å²) in [6, 6.07) is 2.13. The van der Waals surface area contributed by atoms with Gasteiger partial charge in [0, 0.05) is 64.3 Å². The molecule has 0 aliphatic rings. The number of likely N-dealkylation sites (N-methyl/N-ethyl adjacent to an activating group) is 1. The SMILES string of the molecule is CN=C(NCCN(C)CCOC)N(C)Cc1cc(Br)cn1C. The molecule has 0 aliphatic heterocycles. The number of aryl methyl sites for hydroxylation is 1. The maximum Gasteiger partial charge on any atom is 0.193 e. The maximum atomic E-state index is 5.08. The zero-order valence-corrected chi connectivity index (χ0v) is 15.9. The van der Waals surface area contributed by atoms with Gasteiger partial charge in [0.25, 0.3) is 0 Å². The van der Waals surface area contributed by atoms with Crippen LogP contribution in [0, 0.1) is 0 Å². The second-order valence-corrected chi connectivity index (χ2v) is 6.30. The molecule has 0 unspecified atom stereocenters. The first kappa shape index (κ1) is 19.0. The summed E-state index contributed by atoms with van der Waals surface area (Å²) in [4.78, 5) is 8.70. The molecule has 0 amide bonds. The Kier molecular flexibility index (Phi) is 8.52. The normalized spacial score (nSPS) is 12.0. The molecule has 0 bridgehead atoms. The summed E-state index contributed by atoms with van der Waals surface area (Å²) in [6.45, 7) is 4.30. The molecule has 0 saturated heterocycles. The van der Waals surface area contributed by atoms with E-state index in [1.165, 1.54) is 5.69 Å². The fourth-order valence-corrected chi connectivity index (χ4v) is 2.71. The Morgan fingerprint density at radius 1 is 1.41 bits per heavy atom. The van der Waals surface area contributed by atoms with E-state index in [0.29, 0.717) is 0 Å². The van der Waals surface area contributed by atoms with Crippen molar-refractivity contribution < 1.29 is 4.74 Å². The second-order valence-electron chi connectivity index (χ2n) is 5.39. The molecule has 0 radical (unpaired) electrons. The topological polar surface area (TPSA) is 45.0 Å². The minimum Gasteiger partial charge on any atom is -0.383 e. The Morgan fingerprint density at radius 2 is 2.14 bits per heavy atom. The molecular weight excluding hydrogens is 346 g/mol. The first-order valence-electron chi connectivity index (χ1n) is 7.38. The lowest BCUT2D eigenvalue weighted by atomic mass is 10.4. The molecule has 1 rings (SSSR count). The number of hydrogen-bond acceptors (Lipinski definition) is 3. The fourth-order valence-electron chi connectivity index (χ4n) is 2.14. The van der Waals surface area contributed by atoms with Crippen LogP contribution in [0.2, 0.25) is 0 Å². The van der Waals surface area contributed by atoms with Crippen LogP contribution in [-0.2, 0) is 18.3 Å². The molecule has 0 spiro atoms. The molecule has 6 nitrogen and oxygen atoms in total. The van der Waals surface area contributed by atoms with Crippen LogP contribution in [0.1, 0.15) is 5.69 Å². The highest BCUT2D eigenvalue weighted by Crippen LogP contribution is 2.14. The van der Waals surface area contributed by atoms with Crippen molar-refractivity contribution in [2.24, 2.45) is 12.0 Å². The average molecular weight is 374 g/mol. The van der Waals surface area contributed by atoms with Crippen LogP contribution in [0.4, 0.5) is 0 Å². The highest BCUT2D eigenvalue weighted by molar-refractivity contribution is 9.10. The van der Waals surface area contributed by atoms with Crippen molar-refractivity contribution in [1.82, 2.24) is 19.7 Å². The zero-order chi connectivity index (χ0) is 16.5. The van der Waals surface area contributed by atoms with E-state index >= 15 is 0 Å². The van der Waals surface area contributed by atoms with Gasteiger partial charge in [-0.3, -0.25) is 4.99 Å². The van der Waals surface area contributed by atoms with E-state index in [-0.39, 0.29) is 0 Å². The molecule has 1 heterocycles. The summed E-state index contributed by atoms with van der Waals surface area (Å²) < 4.78 is 8.29. The summed E-state index contributed by atoms with van der Waals surface area (Å²) in [5.74, 6) is 0.900. The molecular formula is C15H28BrN5O. The van der Waals surface area contributed by atoms with Crippen LogP contribution < -0.4 is 5.32 Å². The number of guanidine groups is 1.